The molecule has 0 aromatic carbocycles. The van der Waals surface area contributed by atoms with Gasteiger partial charge >= 0.3 is 0 Å². The monoisotopic (exact) mass is 207 g/mol. The first-order valence-corrected chi connectivity index (χ1v) is 5.45. The highest BCUT2D eigenvalue weighted by Gasteiger charge is 1.89. The maximum absolute atomic E-state index is 11.2. The van der Waals surface area contributed by atoms with Gasteiger partial charge in [0.2, 0.25) is 5.91 Å². The summed E-state index contributed by atoms with van der Waals surface area (Å²) in [6.45, 7) is 6.34. The van der Waals surface area contributed by atoms with Crippen LogP contribution in [0, 0.1) is 5.92 Å². The van der Waals surface area contributed by atoms with Crippen LogP contribution < -0.4 is 5.32 Å². The summed E-state index contributed by atoms with van der Waals surface area (Å²) in [6.07, 6.45) is 12.8. The molecule has 0 bridgehead atoms. The Labute approximate surface area is 92.8 Å². The van der Waals surface area contributed by atoms with Gasteiger partial charge in [-0.1, -0.05) is 45.1 Å². The number of carbonyl (C=O) groups is 1. The Hall–Kier alpha value is -1.31. The van der Waals surface area contributed by atoms with Crippen LogP contribution in [0.1, 0.15) is 33.6 Å². The Kier molecular flexibility index (Phi) is 8.44. The molecule has 0 fully saturated rings. The number of hydrogen-bond acceptors (Lipinski definition) is 1. The molecule has 2 nitrogen and oxygen atoms in total. The largest absolute Gasteiger partial charge is 0.329 e. The van der Waals surface area contributed by atoms with Crippen LogP contribution in [0.5, 0.6) is 0 Å². The molecule has 0 aliphatic rings. The van der Waals surface area contributed by atoms with Crippen molar-refractivity contribution in [3.63, 3.8) is 0 Å². The van der Waals surface area contributed by atoms with Crippen molar-refractivity contribution in [1.29, 1.82) is 0 Å². The third-order valence-electron chi connectivity index (χ3n) is 1.68. The van der Waals surface area contributed by atoms with E-state index in [0.717, 1.165) is 12.8 Å². The summed E-state index contributed by atoms with van der Waals surface area (Å²) in [7, 11) is 0. The van der Waals surface area contributed by atoms with Gasteiger partial charge in [-0.3, -0.25) is 4.79 Å². The molecule has 0 atom stereocenters. The third kappa shape index (κ3) is 10.6. The number of rotatable bonds is 6. The SMILES string of the molecule is CCC=CC=CC(=O)NC=CCC(C)C. The van der Waals surface area contributed by atoms with Gasteiger partial charge in [0.05, 0.1) is 0 Å². The number of hydrogen-bond donors (Lipinski definition) is 1. The fourth-order valence-electron chi connectivity index (χ4n) is 0.887. The van der Waals surface area contributed by atoms with E-state index in [1.165, 1.54) is 6.08 Å². The molecular formula is C13H21NO. The Morgan fingerprint density at radius 2 is 2.00 bits per heavy atom. The zero-order chi connectivity index (χ0) is 11.5. The topological polar surface area (TPSA) is 29.1 Å². The van der Waals surface area contributed by atoms with E-state index in [0.29, 0.717) is 5.92 Å². The molecule has 0 heterocycles. The number of nitrogens with one attached hydrogen (secondary N) is 1. The highest BCUT2D eigenvalue weighted by molar-refractivity contribution is 5.88. The average Bonchev–Trinajstić information content (AvgIpc) is 2.19. The summed E-state index contributed by atoms with van der Waals surface area (Å²) < 4.78 is 0. The standard InChI is InChI=1S/C13H21NO/c1-4-5-6-7-10-13(15)14-11-8-9-12(2)3/h5-8,10-12H,4,9H2,1-3H3,(H,14,15). The quantitative estimate of drug-likeness (QED) is 0.526. The second kappa shape index (κ2) is 9.25. The van der Waals surface area contributed by atoms with Gasteiger partial charge in [0.25, 0.3) is 0 Å². The van der Waals surface area contributed by atoms with Gasteiger partial charge in [-0.25, -0.2) is 0 Å². The predicted octanol–water partition coefficient (Wildman–Crippen LogP) is 3.18. The molecule has 1 amide bonds. The van der Waals surface area contributed by atoms with Gasteiger partial charge in [-0.15, -0.1) is 0 Å². The van der Waals surface area contributed by atoms with Crippen molar-refractivity contribution >= 4 is 5.91 Å². The van der Waals surface area contributed by atoms with Gasteiger partial charge in [-0.05, 0) is 18.8 Å². The third-order valence-corrected chi connectivity index (χ3v) is 1.68. The van der Waals surface area contributed by atoms with Gasteiger partial charge < -0.3 is 5.32 Å². The molecule has 0 aliphatic carbocycles. The summed E-state index contributed by atoms with van der Waals surface area (Å²) in [6, 6.07) is 0. The van der Waals surface area contributed by atoms with Gasteiger partial charge in [0.1, 0.15) is 0 Å². The van der Waals surface area contributed by atoms with Crippen LogP contribution in [0.15, 0.2) is 36.6 Å². The Balaban J connectivity index is 3.70. The minimum atomic E-state index is -0.0873. The number of allylic oxidation sites excluding steroid dienone is 4. The minimum Gasteiger partial charge on any atom is -0.329 e. The summed E-state index contributed by atoms with van der Waals surface area (Å²) >= 11 is 0. The van der Waals surface area contributed by atoms with Crippen LogP contribution >= 0.6 is 0 Å². The first-order valence-electron chi connectivity index (χ1n) is 5.45. The van der Waals surface area contributed by atoms with Crippen molar-refractivity contribution in [2.24, 2.45) is 5.92 Å². The highest BCUT2D eigenvalue weighted by Crippen LogP contribution is 1.98. The lowest BCUT2D eigenvalue weighted by Gasteiger charge is -1.96. The van der Waals surface area contributed by atoms with Crippen LogP contribution in [0.4, 0.5) is 0 Å². The second-order valence-electron chi connectivity index (χ2n) is 3.74. The summed E-state index contributed by atoms with van der Waals surface area (Å²) in [4.78, 5) is 11.2. The Bertz CT molecular complexity index is 249. The van der Waals surface area contributed by atoms with E-state index in [1.54, 1.807) is 12.3 Å². The molecule has 0 unspecified atom stereocenters. The molecule has 0 rings (SSSR count). The van der Waals surface area contributed by atoms with Crippen molar-refractivity contribution < 1.29 is 4.79 Å². The molecule has 84 valence electrons. The Morgan fingerprint density at radius 3 is 2.60 bits per heavy atom. The van der Waals surface area contributed by atoms with Crippen LogP contribution in [-0.4, -0.2) is 5.91 Å². The van der Waals surface area contributed by atoms with Crippen molar-refractivity contribution in [3.8, 4) is 0 Å². The zero-order valence-corrected chi connectivity index (χ0v) is 9.86. The van der Waals surface area contributed by atoms with Crippen molar-refractivity contribution in [1.82, 2.24) is 5.32 Å². The minimum absolute atomic E-state index is 0.0873. The molecule has 2 heteroatoms. The lowest BCUT2D eigenvalue weighted by atomic mass is 10.1. The molecule has 0 aromatic rings. The van der Waals surface area contributed by atoms with Gasteiger partial charge in [-0.2, -0.15) is 0 Å². The zero-order valence-electron chi connectivity index (χ0n) is 9.86. The lowest BCUT2D eigenvalue weighted by Crippen LogP contribution is -2.13. The molecule has 0 radical (unpaired) electrons. The van der Waals surface area contributed by atoms with Gasteiger partial charge in [0.15, 0.2) is 0 Å². The van der Waals surface area contributed by atoms with Crippen LogP contribution in [-0.2, 0) is 4.79 Å². The first kappa shape index (κ1) is 13.7. The molecule has 0 aromatic heterocycles. The van der Waals surface area contributed by atoms with E-state index < -0.39 is 0 Å². The Morgan fingerprint density at radius 1 is 1.27 bits per heavy atom. The molecule has 15 heavy (non-hydrogen) atoms. The molecular weight excluding hydrogens is 186 g/mol. The predicted molar refractivity (Wildman–Crippen MR) is 65.3 cm³/mol. The van der Waals surface area contributed by atoms with E-state index in [-0.39, 0.29) is 5.91 Å². The second-order valence-corrected chi connectivity index (χ2v) is 3.74. The summed E-state index contributed by atoms with van der Waals surface area (Å²) in [5.74, 6) is 0.539. The highest BCUT2D eigenvalue weighted by atomic mass is 16.1. The smallest absolute Gasteiger partial charge is 0.247 e. The molecule has 0 saturated carbocycles. The maximum Gasteiger partial charge on any atom is 0.247 e. The fourth-order valence-corrected chi connectivity index (χ4v) is 0.887. The number of carbonyl (C=O) groups excluding carboxylic acids is 1. The van der Waals surface area contributed by atoms with E-state index in [2.05, 4.69) is 26.1 Å². The van der Waals surface area contributed by atoms with Crippen molar-refractivity contribution in [2.75, 3.05) is 0 Å². The first-order chi connectivity index (χ1) is 7.16. The lowest BCUT2D eigenvalue weighted by molar-refractivity contribution is -0.115. The maximum atomic E-state index is 11.2. The molecule has 0 spiro atoms. The van der Waals surface area contributed by atoms with E-state index in [1.807, 2.05) is 18.2 Å². The van der Waals surface area contributed by atoms with Crippen molar-refractivity contribution in [2.45, 2.75) is 33.6 Å². The van der Waals surface area contributed by atoms with Crippen LogP contribution in [0.25, 0.3) is 0 Å². The fraction of sp³-hybridized carbons (Fsp3) is 0.462. The molecule has 0 saturated heterocycles. The summed E-state index contributed by atoms with van der Waals surface area (Å²) in [5.41, 5.74) is 0. The van der Waals surface area contributed by atoms with Crippen molar-refractivity contribution in [3.05, 3.63) is 36.6 Å². The number of amides is 1. The molecule has 1 N–H and O–H groups in total. The van der Waals surface area contributed by atoms with Crippen LogP contribution in [0.2, 0.25) is 0 Å². The van der Waals surface area contributed by atoms with Crippen LogP contribution in [0.3, 0.4) is 0 Å². The normalized spacial score (nSPS) is 12.3. The van der Waals surface area contributed by atoms with E-state index in [4.69, 9.17) is 0 Å². The van der Waals surface area contributed by atoms with E-state index >= 15 is 0 Å². The van der Waals surface area contributed by atoms with E-state index in [9.17, 15) is 4.79 Å². The summed E-state index contributed by atoms with van der Waals surface area (Å²) in [5, 5.41) is 2.67. The molecule has 0 aliphatic heterocycles. The average molecular weight is 207 g/mol. The van der Waals surface area contributed by atoms with Gasteiger partial charge in [0, 0.05) is 12.3 Å².